The molecule has 1 saturated heterocycles. The summed E-state index contributed by atoms with van der Waals surface area (Å²) in [5.41, 5.74) is 1.62. The monoisotopic (exact) mass is 413 g/mol. The van der Waals surface area contributed by atoms with Crippen LogP contribution in [0.4, 0.5) is 10.1 Å². The Morgan fingerprint density at radius 1 is 1.23 bits per heavy atom. The average molecular weight is 413 g/mol. The number of rotatable bonds is 4. The molecular weight excluding hydrogens is 385 g/mol. The molecule has 1 atom stereocenters. The number of pyridine rings is 1. The van der Waals surface area contributed by atoms with E-state index in [1.54, 1.807) is 6.92 Å². The summed E-state index contributed by atoms with van der Waals surface area (Å²) in [6.07, 6.45) is 5.67. The fourth-order valence-electron chi connectivity index (χ4n) is 5.58. The number of hydrogen-bond donors (Lipinski definition) is 1. The van der Waals surface area contributed by atoms with Gasteiger partial charge in [0.15, 0.2) is 5.82 Å². The van der Waals surface area contributed by atoms with Crippen molar-refractivity contribution in [2.75, 3.05) is 32.1 Å². The highest BCUT2D eigenvalue weighted by molar-refractivity contribution is 5.97. The molecular formula is C23H28FN3O3. The van der Waals surface area contributed by atoms with E-state index >= 15 is 4.39 Å². The van der Waals surface area contributed by atoms with Gasteiger partial charge in [0.1, 0.15) is 5.56 Å². The van der Waals surface area contributed by atoms with Gasteiger partial charge in [0.25, 0.3) is 0 Å². The van der Waals surface area contributed by atoms with Gasteiger partial charge in [0.05, 0.1) is 16.6 Å². The van der Waals surface area contributed by atoms with E-state index in [2.05, 4.69) is 23.9 Å². The minimum absolute atomic E-state index is 0.172. The summed E-state index contributed by atoms with van der Waals surface area (Å²) in [7, 11) is 4.17. The van der Waals surface area contributed by atoms with Gasteiger partial charge in [0.2, 0.25) is 5.43 Å². The van der Waals surface area contributed by atoms with Crippen LogP contribution in [0, 0.1) is 25.1 Å². The lowest BCUT2D eigenvalue weighted by molar-refractivity contribution is 0.0695. The van der Waals surface area contributed by atoms with Crippen LogP contribution in [0.5, 0.6) is 0 Å². The maximum absolute atomic E-state index is 15.8. The SMILES string of the molecule is Cc1c(F)c(N2CC(N(C)C)C3(CC3)C2)c(C)c2c1c(=O)c(C(=O)O)cn2C1CC1. The Bertz CT molecular complexity index is 1150. The molecule has 1 unspecified atom stereocenters. The van der Waals surface area contributed by atoms with Crippen molar-refractivity contribution in [1.82, 2.24) is 9.47 Å². The van der Waals surface area contributed by atoms with Crippen LogP contribution < -0.4 is 10.3 Å². The normalized spacial score (nSPS) is 22.5. The second-order valence-electron chi connectivity index (χ2n) is 9.67. The van der Waals surface area contributed by atoms with E-state index < -0.39 is 17.2 Å². The maximum atomic E-state index is 15.8. The second kappa shape index (κ2) is 6.30. The Morgan fingerprint density at radius 2 is 1.90 bits per heavy atom. The molecule has 3 fully saturated rings. The molecule has 1 N–H and O–H groups in total. The van der Waals surface area contributed by atoms with Crippen molar-refractivity contribution in [2.24, 2.45) is 5.41 Å². The van der Waals surface area contributed by atoms with Crippen LogP contribution in [0.25, 0.3) is 10.9 Å². The van der Waals surface area contributed by atoms with E-state index in [0.717, 1.165) is 44.3 Å². The third-order valence-corrected chi connectivity index (χ3v) is 7.47. The quantitative estimate of drug-likeness (QED) is 0.833. The first-order chi connectivity index (χ1) is 14.2. The molecule has 0 amide bonds. The Kier molecular flexibility index (Phi) is 4.10. The molecule has 2 heterocycles. The molecule has 2 saturated carbocycles. The van der Waals surface area contributed by atoms with E-state index in [9.17, 15) is 14.7 Å². The molecule has 0 radical (unpaired) electrons. The zero-order valence-electron chi connectivity index (χ0n) is 18.0. The van der Waals surface area contributed by atoms with Crippen molar-refractivity contribution in [3.05, 3.63) is 38.9 Å². The van der Waals surface area contributed by atoms with E-state index in [0.29, 0.717) is 17.2 Å². The summed E-state index contributed by atoms with van der Waals surface area (Å²) in [5.74, 6) is -1.65. The predicted molar refractivity (Wildman–Crippen MR) is 114 cm³/mol. The van der Waals surface area contributed by atoms with Crippen molar-refractivity contribution in [3.63, 3.8) is 0 Å². The molecule has 30 heavy (non-hydrogen) atoms. The molecule has 0 bridgehead atoms. The summed E-state index contributed by atoms with van der Waals surface area (Å²) in [6, 6.07) is 0.554. The number of hydrogen-bond acceptors (Lipinski definition) is 4. The van der Waals surface area contributed by atoms with Gasteiger partial charge in [-0.05, 0) is 59.2 Å². The fraction of sp³-hybridized carbons (Fsp3) is 0.565. The van der Waals surface area contributed by atoms with Crippen LogP contribution in [0.15, 0.2) is 11.0 Å². The summed E-state index contributed by atoms with van der Waals surface area (Å²) in [6.45, 7) is 5.06. The van der Waals surface area contributed by atoms with Gasteiger partial charge in [0, 0.05) is 42.3 Å². The molecule has 6 nitrogen and oxygen atoms in total. The number of halogens is 1. The van der Waals surface area contributed by atoms with Crippen LogP contribution in [0.3, 0.4) is 0 Å². The van der Waals surface area contributed by atoms with Crippen molar-refractivity contribution < 1.29 is 14.3 Å². The number of anilines is 1. The average Bonchev–Trinajstić information content (AvgIpc) is 3.58. The fourth-order valence-corrected chi connectivity index (χ4v) is 5.58. The number of likely N-dealkylation sites (N-methyl/N-ethyl adjacent to an activating group) is 1. The van der Waals surface area contributed by atoms with Crippen LogP contribution in [0.2, 0.25) is 0 Å². The van der Waals surface area contributed by atoms with Crippen molar-refractivity contribution in [2.45, 2.75) is 51.6 Å². The lowest BCUT2D eigenvalue weighted by Crippen LogP contribution is -2.36. The summed E-state index contributed by atoms with van der Waals surface area (Å²) < 4.78 is 17.7. The molecule has 1 aromatic heterocycles. The zero-order chi connectivity index (χ0) is 21.5. The van der Waals surface area contributed by atoms with Gasteiger partial charge >= 0.3 is 5.97 Å². The smallest absolute Gasteiger partial charge is 0.341 e. The van der Waals surface area contributed by atoms with Gasteiger partial charge in [-0.3, -0.25) is 4.79 Å². The first kappa shape index (κ1) is 19.5. The lowest BCUT2D eigenvalue weighted by atomic mass is 9.99. The number of carbonyl (C=O) groups is 1. The lowest BCUT2D eigenvalue weighted by Gasteiger charge is -2.26. The Balaban J connectivity index is 1.76. The molecule has 1 aromatic carbocycles. The minimum Gasteiger partial charge on any atom is -0.477 e. The molecule has 3 aliphatic rings. The van der Waals surface area contributed by atoms with Crippen LogP contribution in [-0.4, -0.2) is 53.8 Å². The van der Waals surface area contributed by atoms with Crippen molar-refractivity contribution >= 4 is 22.6 Å². The number of benzene rings is 1. The second-order valence-corrected chi connectivity index (χ2v) is 9.67. The van der Waals surface area contributed by atoms with Crippen LogP contribution >= 0.6 is 0 Å². The number of aryl methyl sites for hydroxylation is 2. The van der Waals surface area contributed by atoms with E-state index in [1.807, 2.05) is 11.5 Å². The van der Waals surface area contributed by atoms with Crippen LogP contribution in [-0.2, 0) is 0 Å². The minimum atomic E-state index is -1.26. The third kappa shape index (κ3) is 2.64. The Morgan fingerprint density at radius 3 is 2.40 bits per heavy atom. The summed E-state index contributed by atoms with van der Waals surface area (Å²) >= 11 is 0. The Hall–Kier alpha value is -2.41. The van der Waals surface area contributed by atoms with Gasteiger partial charge < -0.3 is 19.5 Å². The van der Waals surface area contributed by atoms with Gasteiger partial charge in [-0.15, -0.1) is 0 Å². The van der Waals surface area contributed by atoms with Gasteiger partial charge in [-0.2, -0.15) is 0 Å². The maximum Gasteiger partial charge on any atom is 0.341 e. The molecule has 5 rings (SSSR count). The molecule has 7 heteroatoms. The van der Waals surface area contributed by atoms with E-state index in [4.69, 9.17) is 0 Å². The first-order valence-electron chi connectivity index (χ1n) is 10.7. The highest BCUT2D eigenvalue weighted by Crippen LogP contribution is 2.55. The van der Waals surface area contributed by atoms with Crippen molar-refractivity contribution in [1.29, 1.82) is 0 Å². The number of aromatic nitrogens is 1. The number of carboxylic acids is 1. The van der Waals surface area contributed by atoms with Gasteiger partial charge in [-0.25, -0.2) is 9.18 Å². The molecule has 1 aliphatic heterocycles. The number of aromatic carboxylic acids is 1. The first-order valence-corrected chi connectivity index (χ1v) is 10.7. The third-order valence-electron chi connectivity index (χ3n) is 7.47. The van der Waals surface area contributed by atoms with Crippen LogP contribution in [0.1, 0.15) is 53.2 Å². The highest BCUT2D eigenvalue weighted by Gasteiger charge is 2.56. The summed E-state index contributed by atoms with van der Waals surface area (Å²) in [5, 5.41) is 9.75. The molecule has 160 valence electrons. The predicted octanol–water partition coefficient (Wildman–Crippen LogP) is 3.32. The molecule has 1 spiro atoms. The van der Waals surface area contributed by atoms with Gasteiger partial charge in [-0.1, -0.05) is 0 Å². The van der Waals surface area contributed by atoms with Crippen molar-refractivity contribution in [3.8, 4) is 0 Å². The standard InChI is InChI=1S/C23H28FN3O3/c1-12-17-19(27(14-5-6-14)9-15(21(17)28)22(29)30)13(2)20(18(12)24)26-10-16(25(3)4)23(11-26)7-8-23/h9,14,16H,5-8,10-11H2,1-4H3,(H,29,30). The van der Waals surface area contributed by atoms with E-state index in [-0.39, 0.29) is 28.0 Å². The molecule has 2 aromatic rings. The molecule has 2 aliphatic carbocycles. The Labute approximate surface area is 174 Å². The largest absolute Gasteiger partial charge is 0.477 e. The zero-order valence-corrected chi connectivity index (χ0v) is 18.0. The highest BCUT2D eigenvalue weighted by atomic mass is 19.1. The number of nitrogens with zero attached hydrogens (tertiary/aromatic N) is 3. The summed E-state index contributed by atoms with van der Waals surface area (Å²) in [4.78, 5) is 29.1. The number of fused-ring (bicyclic) bond motifs is 1. The number of carboxylic acid groups (broad SMARTS) is 1. The topological polar surface area (TPSA) is 65.8 Å². The van der Waals surface area contributed by atoms with E-state index in [1.165, 1.54) is 6.20 Å².